The van der Waals surface area contributed by atoms with Gasteiger partial charge in [0.1, 0.15) is 5.75 Å². The molecular formula is C21H26N2O5. The fourth-order valence-corrected chi connectivity index (χ4v) is 2.60. The third-order valence-electron chi connectivity index (χ3n) is 4.23. The summed E-state index contributed by atoms with van der Waals surface area (Å²) in [7, 11) is 8.10. The minimum atomic E-state index is -0.377. The molecule has 28 heavy (non-hydrogen) atoms. The topological polar surface area (TPSA) is 69.6 Å². The van der Waals surface area contributed by atoms with E-state index in [1.807, 2.05) is 25.2 Å². The van der Waals surface area contributed by atoms with Crippen LogP contribution in [0, 0.1) is 0 Å². The lowest BCUT2D eigenvalue weighted by atomic mass is 10.1. The van der Waals surface area contributed by atoms with Gasteiger partial charge in [0.15, 0.2) is 11.5 Å². The van der Waals surface area contributed by atoms with Crippen LogP contribution in [-0.4, -0.2) is 58.9 Å². The second kappa shape index (κ2) is 10.2. The van der Waals surface area contributed by atoms with Crippen LogP contribution in [0.3, 0.4) is 0 Å². The van der Waals surface area contributed by atoms with Gasteiger partial charge in [-0.3, -0.25) is 4.79 Å². The van der Waals surface area contributed by atoms with Gasteiger partial charge in [0.05, 0.1) is 28.4 Å². The average molecular weight is 386 g/mol. The summed E-state index contributed by atoms with van der Waals surface area (Å²) in [6, 6.07) is 12.8. The van der Waals surface area contributed by atoms with Crippen molar-refractivity contribution in [1.82, 2.24) is 4.90 Å². The van der Waals surface area contributed by atoms with E-state index in [4.69, 9.17) is 18.9 Å². The Balaban J connectivity index is 2.04. The Bertz CT molecular complexity index is 818. The Hall–Kier alpha value is -3.22. The summed E-state index contributed by atoms with van der Waals surface area (Å²) in [6.07, 6.45) is 0.718. The Morgan fingerprint density at radius 2 is 1.61 bits per heavy atom. The molecule has 0 N–H and O–H groups in total. The molecule has 0 atom stereocenters. The molecule has 0 radical (unpaired) electrons. The number of likely N-dealkylation sites (N-methyl/N-ethyl adjacent to an activating group) is 1. The van der Waals surface area contributed by atoms with E-state index in [9.17, 15) is 4.79 Å². The zero-order valence-corrected chi connectivity index (χ0v) is 16.9. The van der Waals surface area contributed by atoms with Crippen molar-refractivity contribution in [3.63, 3.8) is 0 Å². The first-order valence-corrected chi connectivity index (χ1v) is 8.75. The van der Waals surface area contributed by atoms with Gasteiger partial charge in [-0.15, -0.1) is 0 Å². The Kier molecular flexibility index (Phi) is 7.68. The number of amides is 1. The van der Waals surface area contributed by atoms with Crippen LogP contribution < -0.4 is 14.2 Å². The maximum absolute atomic E-state index is 12.4. The minimum Gasteiger partial charge on any atom is -0.497 e. The summed E-state index contributed by atoms with van der Waals surface area (Å²) in [5.74, 6) is 1.67. The van der Waals surface area contributed by atoms with Gasteiger partial charge in [0.25, 0.3) is 11.9 Å². The van der Waals surface area contributed by atoms with Crippen LogP contribution in [0.2, 0.25) is 0 Å². The van der Waals surface area contributed by atoms with Crippen molar-refractivity contribution in [2.24, 2.45) is 4.99 Å². The molecule has 0 saturated carbocycles. The zero-order valence-electron chi connectivity index (χ0n) is 16.9. The molecule has 2 aromatic rings. The lowest BCUT2D eigenvalue weighted by Crippen LogP contribution is -2.31. The van der Waals surface area contributed by atoms with Crippen LogP contribution in [-0.2, 0) is 11.2 Å². The molecule has 0 unspecified atom stereocenters. The van der Waals surface area contributed by atoms with E-state index >= 15 is 0 Å². The zero-order chi connectivity index (χ0) is 20.5. The van der Waals surface area contributed by atoms with Crippen molar-refractivity contribution < 1.29 is 23.7 Å². The number of ether oxygens (including phenoxy) is 4. The van der Waals surface area contributed by atoms with Crippen molar-refractivity contribution in [3.05, 3.63) is 53.6 Å². The van der Waals surface area contributed by atoms with Crippen LogP contribution in [0.5, 0.6) is 17.2 Å². The molecule has 7 heteroatoms. The van der Waals surface area contributed by atoms with Gasteiger partial charge in [0.2, 0.25) is 0 Å². The number of hydrogen-bond acceptors (Lipinski definition) is 5. The lowest BCUT2D eigenvalue weighted by molar-refractivity contribution is 0.0996. The number of hydrogen-bond donors (Lipinski definition) is 0. The number of carbonyl (C=O) groups is 1. The number of rotatable bonds is 7. The molecule has 0 fully saturated rings. The summed E-state index contributed by atoms with van der Waals surface area (Å²) < 4.78 is 21.0. The van der Waals surface area contributed by atoms with Crippen molar-refractivity contribution in [3.8, 4) is 17.2 Å². The Morgan fingerprint density at radius 3 is 2.18 bits per heavy atom. The van der Waals surface area contributed by atoms with Crippen LogP contribution in [0.15, 0.2) is 47.5 Å². The van der Waals surface area contributed by atoms with E-state index in [1.54, 1.807) is 50.5 Å². The number of benzene rings is 2. The maximum Gasteiger partial charge on any atom is 0.294 e. The molecule has 2 aromatic carbocycles. The van der Waals surface area contributed by atoms with Gasteiger partial charge in [-0.05, 0) is 48.4 Å². The number of amidine groups is 1. The molecule has 0 aliphatic rings. The van der Waals surface area contributed by atoms with E-state index in [-0.39, 0.29) is 11.9 Å². The Labute approximate surface area is 165 Å². The van der Waals surface area contributed by atoms with Gasteiger partial charge in [0, 0.05) is 19.2 Å². The molecular weight excluding hydrogens is 360 g/mol. The average Bonchev–Trinajstić information content (AvgIpc) is 2.75. The van der Waals surface area contributed by atoms with Crippen LogP contribution >= 0.6 is 0 Å². The molecule has 2 rings (SSSR count). The normalized spacial score (nSPS) is 11.0. The highest BCUT2D eigenvalue weighted by atomic mass is 16.5. The quantitative estimate of drug-likeness (QED) is 0.538. The fourth-order valence-electron chi connectivity index (χ4n) is 2.60. The van der Waals surface area contributed by atoms with E-state index in [0.29, 0.717) is 29.4 Å². The summed E-state index contributed by atoms with van der Waals surface area (Å²) in [5, 5.41) is 0. The standard InChI is InChI=1S/C21H26N2O5/c1-23(13-12-15-6-11-18(26-3)19(14-15)27-4)21(28-5)22-20(24)16-7-9-17(25-2)10-8-16/h6-11,14H,12-13H2,1-5H3. The maximum atomic E-state index is 12.4. The van der Waals surface area contributed by atoms with Crippen LogP contribution in [0.1, 0.15) is 15.9 Å². The predicted molar refractivity (Wildman–Crippen MR) is 108 cm³/mol. The number of aliphatic imine (C=N–C) groups is 1. The first-order valence-electron chi connectivity index (χ1n) is 8.75. The second-order valence-corrected chi connectivity index (χ2v) is 5.99. The summed E-state index contributed by atoms with van der Waals surface area (Å²) in [5.41, 5.74) is 1.53. The minimum absolute atomic E-state index is 0.251. The highest BCUT2D eigenvalue weighted by Crippen LogP contribution is 2.27. The van der Waals surface area contributed by atoms with Crippen LogP contribution in [0.25, 0.3) is 0 Å². The van der Waals surface area contributed by atoms with Gasteiger partial charge in [-0.25, -0.2) is 0 Å². The molecule has 150 valence electrons. The van der Waals surface area contributed by atoms with Gasteiger partial charge >= 0.3 is 0 Å². The Morgan fingerprint density at radius 1 is 0.929 bits per heavy atom. The summed E-state index contributed by atoms with van der Waals surface area (Å²) >= 11 is 0. The number of nitrogens with zero attached hydrogens (tertiary/aromatic N) is 2. The SMILES string of the molecule is COC(=NC(=O)c1ccc(OC)cc1)N(C)CCc1ccc(OC)c(OC)c1. The van der Waals surface area contributed by atoms with Crippen molar-refractivity contribution in [2.75, 3.05) is 42.0 Å². The molecule has 0 aliphatic carbocycles. The fraction of sp³-hybridized carbons (Fsp3) is 0.333. The summed E-state index contributed by atoms with van der Waals surface area (Å²) in [6.45, 7) is 0.609. The second-order valence-electron chi connectivity index (χ2n) is 5.99. The van der Waals surface area contributed by atoms with Gasteiger partial charge < -0.3 is 23.8 Å². The van der Waals surface area contributed by atoms with Crippen molar-refractivity contribution >= 4 is 11.9 Å². The molecule has 7 nitrogen and oxygen atoms in total. The molecule has 0 aliphatic heterocycles. The van der Waals surface area contributed by atoms with E-state index in [2.05, 4.69) is 4.99 Å². The van der Waals surface area contributed by atoms with E-state index < -0.39 is 0 Å². The van der Waals surface area contributed by atoms with Crippen molar-refractivity contribution in [1.29, 1.82) is 0 Å². The van der Waals surface area contributed by atoms with Crippen LogP contribution in [0.4, 0.5) is 0 Å². The highest BCUT2D eigenvalue weighted by Gasteiger charge is 2.12. The smallest absolute Gasteiger partial charge is 0.294 e. The summed E-state index contributed by atoms with van der Waals surface area (Å²) in [4.78, 5) is 18.3. The first kappa shape index (κ1) is 21.1. The third kappa shape index (κ3) is 5.39. The van der Waals surface area contributed by atoms with Gasteiger partial charge in [-0.1, -0.05) is 6.07 Å². The molecule has 1 amide bonds. The van der Waals surface area contributed by atoms with Gasteiger partial charge in [-0.2, -0.15) is 4.99 Å². The molecule has 0 bridgehead atoms. The van der Waals surface area contributed by atoms with Crippen molar-refractivity contribution in [2.45, 2.75) is 6.42 Å². The molecule has 0 spiro atoms. The first-order chi connectivity index (χ1) is 13.5. The molecule has 0 saturated heterocycles. The molecule has 0 aromatic heterocycles. The van der Waals surface area contributed by atoms with E-state index in [1.165, 1.54) is 7.11 Å². The largest absolute Gasteiger partial charge is 0.497 e. The molecule has 0 heterocycles. The number of methoxy groups -OCH3 is 4. The third-order valence-corrected chi connectivity index (χ3v) is 4.23. The predicted octanol–water partition coefficient (Wildman–Crippen LogP) is 3.03. The van der Waals surface area contributed by atoms with E-state index in [0.717, 1.165) is 12.0 Å². The highest BCUT2D eigenvalue weighted by molar-refractivity contribution is 6.01. The number of carbonyl (C=O) groups excluding carboxylic acids is 1. The monoisotopic (exact) mass is 386 g/mol. The lowest BCUT2D eigenvalue weighted by Gasteiger charge is -2.19.